The third kappa shape index (κ3) is 2.99. The zero-order valence-corrected chi connectivity index (χ0v) is 9.52. The van der Waals surface area contributed by atoms with Gasteiger partial charge in [-0.25, -0.2) is 0 Å². The summed E-state index contributed by atoms with van der Waals surface area (Å²) in [5, 5.41) is 7.34. The zero-order chi connectivity index (χ0) is 10.7. The van der Waals surface area contributed by atoms with E-state index in [1.165, 1.54) is 17.7 Å². The van der Waals surface area contributed by atoms with Crippen molar-refractivity contribution in [3.63, 3.8) is 0 Å². The third-order valence-electron chi connectivity index (χ3n) is 2.81. The van der Waals surface area contributed by atoms with E-state index in [1.54, 1.807) is 0 Å². The average Bonchev–Trinajstić information content (AvgIpc) is 2.96. The first-order valence-electron chi connectivity index (χ1n) is 5.21. The van der Waals surface area contributed by atoms with Crippen LogP contribution in [0.15, 0.2) is 35.2 Å². The molecule has 1 saturated carbocycles. The predicted octanol–water partition coefficient (Wildman–Crippen LogP) is 2.88. The monoisotopic (exact) mass is 220 g/mol. The van der Waals surface area contributed by atoms with Crippen molar-refractivity contribution in [2.45, 2.75) is 24.2 Å². The summed E-state index contributed by atoms with van der Waals surface area (Å²) < 4.78 is 0. The Balaban J connectivity index is 1.86. The van der Waals surface area contributed by atoms with Crippen LogP contribution >= 0.6 is 11.8 Å². The van der Waals surface area contributed by atoms with Gasteiger partial charge in [-0.3, -0.25) is 5.41 Å². The minimum absolute atomic E-state index is 0.334. The van der Waals surface area contributed by atoms with Crippen LogP contribution in [0.3, 0.4) is 0 Å². The number of nitrogens with two attached hydrogens (primary N) is 1. The van der Waals surface area contributed by atoms with Crippen molar-refractivity contribution in [2.24, 2.45) is 11.1 Å². The lowest BCUT2D eigenvalue weighted by Crippen LogP contribution is -2.17. The molecule has 0 aromatic heterocycles. The molecule has 0 saturated heterocycles. The molecular weight excluding hydrogens is 204 g/mol. The van der Waals surface area contributed by atoms with Gasteiger partial charge in [0.25, 0.3) is 0 Å². The topological polar surface area (TPSA) is 49.9 Å². The minimum Gasteiger partial charge on any atom is -0.388 e. The lowest BCUT2D eigenvalue weighted by molar-refractivity contribution is 0.612. The fourth-order valence-electron chi connectivity index (χ4n) is 1.71. The number of rotatable bonds is 5. The zero-order valence-electron chi connectivity index (χ0n) is 8.70. The van der Waals surface area contributed by atoms with E-state index in [-0.39, 0.29) is 0 Å². The Morgan fingerprint density at radius 1 is 1.33 bits per heavy atom. The fourth-order valence-corrected chi connectivity index (χ4v) is 2.92. The summed E-state index contributed by atoms with van der Waals surface area (Å²) >= 11 is 1.88. The molecule has 2 nitrogen and oxygen atoms in total. The lowest BCUT2D eigenvalue weighted by atomic mass is 10.1. The van der Waals surface area contributed by atoms with Crippen LogP contribution < -0.4 is 5.73 Å². The maximum absolute atomic E-state index is 7.34. The summed E-state index contributed by atoms with van der Waals surface area (Å²) in [6.07, 6.45) is 3.23. The number of hydrogen-bond acceptors (Lipinski definition) is 2. The van der Waals surface area contributed by atoms with Crippen molar-refractivity contribution in [3.8, 4) is 0 Å². The highest BCUT2D eigenvalue weighted by atomic mass is 32.2. The molecular formula is C12H16N2S. The molecule has 3 N–H and O–H groups in total. The molecule has 0 spiro atoms. The SMILES string of the molecule is N=C(N)CC1(CSc2ccccc2)CC1. The van der Waals surface area contributed by atoms with Gasteiger partial charge >= 0.3 is 0 Å². The molecule has 0 atom stereocenters. The van der Waals surface area contributed by atoms with E-state index >= 15 is 0 Å². The number of benzene rings is 1. The van der Waals surface area contributed by atoms with Gasteiger partial charge in [0.15, 0.2) is 0 Å². The number of nitrogens with one attached hydrogen (secondary N) is 1. The molecule has 3 heteroatoms. The molecule has 0 radical (unpaired) electrons. The molecule has 0 bridgehead atoms. The van der Waals surface area contributed by atoms with E-state index < -0.39 is 0 Å². The van der Waals surface area contributed by atoms with Crippen molar-refractivity contribution >= 4 is 17.6 Å². The number of thioether (sulfide) groups is 1. The van der Waals surface area contributed by atoms with Gasteiger partial charge in [0, 0.05) is 17.1 Å². The van der Waals surface area contributed by atoms with Gasteiger partial charge in [0.1, 0.15) is 0 Å². The van der Waals surface area contributed by atoms with E-state index in [9.17, 15) is 0 Å². The first-order valence-corrected chi connectivity index (χ1v) is 6.20. The van der Waals surface area contributed by atoms with Crippen molar-refractivity contribution in [3.05, 3.63) is 30.3 Å². The van der Waals surface area contributed by atoms with Gasteiger partial charge < -0.3 is 5.73 Å². The maximum atomic E-state index is 7.34. The Hall–Kier alpha value is -0.960. The van der Waals surface area contributed by atoms with Gasteiger partial charge in [-0.15, -0.1) is 11.8 Å². The molecule has 15 heavy (non-hydrogen) atoms. The molecule has 1 aliphatic rings. The molecule has 1 fully saturated rings. The Bertz CT molecular complexity index is 344. The molecule has 1 aliphatic carbocycles. The lowest BCUT2D eigenvalue weighted by Gasteiger charge is -2.13. The largest absolute Gasteiger partial charge is 0.388 e. The smallest absolute Gasteiger partial charge is 0.0911 e. The predicted molar refractivity (Wildman–Crippen MR) is 65.4 cm³/mol. The Morgan fingerprint density at radius 2 is 2.00 bits per heavy atom. The fraction of sp³-hybridized carbons (Fsp3) is 0.417. The first kappa shape index (κ1) is 10.6. The van der Waals surface area contributed by atoms with E-state index in [0.717, 1.165) is 12.2 Å². The second-order valence-electron chi connectivity index (χ2n) is 4.30. The highest BCUT2D eigenvalue weighted by Crippen LogP contribution is 2.51. The van der Waals surface area contributed by atoms with Gasteiger partial charge in [-0.1, -0.05) is 18.2 Å². The molecule has 2 rings (SSSR count). The Kier molecular flexibility index (Phi) is 3.00. The summed E-state index contributed by atoms with van der Waals surface area (Å²) in [7, 11) is 0. The van der Waals surface area contributed by atoms with E-state index in [4.69, 9.17) is 11.1 Å². The molecule has 80 valence electrons. The molecule has 1 aromatic carbocycles. The standard InChI is InChI=1S/C12H16N2S/c13-11(14)8-12(6-7-12)9-15-10-4-2-1-3-5-10/h1-5H,6-9H2,(H3,13,14). The quantitative estimate of drug-likeness (QED) is 0.455. The second kappa shape index (κ2) is 4.27. The van der Waals surface area contributed by atoms with Crippen LogP contribution in [0.5, 0.6) is 0 Å². The molecule has 0 heterocycles. The van der Waals surface area contributed by atoms with Gasteiger partial charge in [0.05, 0.1) is 5.84 Å². The highest BCUT2D eigenvalue weighted by molar-refractivity contribution is 7.99. The van der Waals surface area contributed by atoms with Gasteiger partial charge in [-0.05, 0) is 30.4 Å². The molecule has 0 amide bonds. The normalized spacial score (nSPS) is 17.3. The van der Waals surface area contributed by atoms with Crippen LogP contribution in [-0.4, -0.2) is 11.6 Å². The minimum atomic E-state index is 0.334. The van der Waals surface area contributed by atoms with Crippen molar-refractivity contribution in [1.29, 1.82) is 5.41 Å². The van der Waals surface area contributed by atoms with Gasteiger partial charge in [-0.2, -0.15) is 0 Å². The van der Waals surface area contributed by atoms with Crippen LogP contribution in [0.2, 0.25) is 0 Å². The van der Waals surface area contributed by atoms with Crippen molar-refractivity contribution in [1.82, 2.24) is 0 Å². The molecule has 0 unspecified atom stereocenters. The van der Waals surface area contributed by atoms with Crippen LogP contribution in [-0.2, 0) is 0 Å². The first-order chi connectivity index (χ1) is 7.20. The summed E-state index contributed by atoms with van der Waals surface area (Å²) in [4.78, 5) is 1.31. The third-order valence-corrected chi connectivity index (χ3v) is 4.17. The summed E-state index contributed by atoms with van der Waals surface area (Å²) in [5.41, 5.74) is 5.80. The second-order valence-corrected chi connectivity index (χ2v) is 5.35. The van der Waals surface area contributed by atoms with Gasteiger partial charge in [0.2, 0.25) is 0 Å². The van der Waals surface area contributed by atoms with E-state index in [0.29, 0.717) is 11.3 Å². The average molecular weight is 220 g/mol. The van der Waals surface area contributed by atoms with Crippen molar-refractivity contribution < 1.29 is 0 Å². The van der Waals surface area contributed by atoms with E-state index in [1.807, 2.05) is 17.8 Å². The van der Waals surface area contributed by atoms with E-state index in [2.05, 4.69) is 24.3 Å². The number of hydrogen-bond donors (Lipinski definition) is 2. The number of amidine groups is 1. The van der Waals surface area contributed by atoms with Crippen LogP contribution in [0, 0.1) is 10.8 Å². The van der Waals surface area contributed by atoms with Crippen LogP contribution in [0.25, 0.3) is 0 Å². The highest BCUT2D eigenvalue weighted by Gasteiger charge is 2.42. The molecule has 0 aliphatic heterocycles. The summed E-state index contributed by atoms with van der Waals surface area (Å²) in [6.45, 7) is 0. The molecule has 1 aromatic rings. The summed E-state index contributed by atoms with van der Waals surface area (Å²) in [6, 6.07) is 10.4. The van der Waals surface area contributed by atoms with Crippen LogP contribution in [0.1, 0.15) is 19.3 Å². The Morgan fingerprint density at radius 3 is 2.53 bits per heavy atom. The Labute approximate surface area is 94.8 Å². The maximum Gasteiger partial charge on any atom is 0.0911 e. The van der Waals surface area contributed by atoms with Crippen LogP contribution in [0.4, 0.5) is 0 Å². The van der Waals surface area contributed by atoms with Crippen molar-refractivity contribution in [2.75, 3.05) is 5.75 Å². The summed E-state index contributed by atoms with van der Waals surface area (Å²) in [5.74, 6) is 1.43.